The molecule has 0 aliphatic heterocycles. The number of carbonyl (C=O) groups excluding carboxylic acids is 1. The lowest BCUT2D eigenvalue weighted by molar-refractivity contribution is 0.0977. The fourth-order valence-electron chi connectivity index (χ4n) is 3.61. The largest absolute Gasteiger partial charge is 0.440 e. The van der Waals surface area contributed by atoms with Gasteiger partial charge in [0.05, 0.1) is 0 Å². The molecule has 1 amide bonds. The van der Waals surface area contributed by atoms with Gasteiger partial charge >= 0.3 is 0 Å². The molecule has 0 bridgehead atoms. The second-order valence-electron chi connectivity index (χ2n) is 7.87. The molecule has 3 aromatic carbocycles. The van der Waals surface area contributed by atoms with Crippen LogP contribution >= 0.6 is 12.2 Å². The number of aryl methyl sites for hydroxylation is 3. The molecule has 0 fully saturated rings. The van der Waals surface area contributed by atoms with Crippen LogP contribution in [0.25, 0.3) is 11.1 Å². The molecule has 0 aliphatic carbocycles. The number of oxazole rings is 1. The monoisotopic (exact) mass is 443 g/mol. The number of amides is 1. The highest BCUT2D eigenvalue weighted by Gasteiger charge is 2.11. The smallest absolute Gasteiger partial charge is 0.257 e. The van der Waals surface area contributed by atoms with Crippen molar-refractivity contribution in [3.05, 3.63) is 94.4 Å². The fraction of sp³-hybridized carbons (Fsp3) is 0.192. The van der Waals surface area contributed by atoms with Gasteiger partial charge in [0.25, 0.3) is 5.91 Å². The van der Waals surface area contributed by atoms with Crippen LogP contribution in [0.5, 0.6) is 0 Å². The Morgan fingerprint density at radius 1 is 1.00 bits per heavy atom. The normalized spacial score (nSPS) is 10.8. The SMILES string of the molecule is CCc1ccc(C(=O)NC(=S)Nc2ccc(Cc3nc4cc(C)cc(C)c4o3)cc2)cc1. The first-order valence-corrected chi connectivity index (χ1v) is 11.0. The number of thiocarbonyl (C=S) groups is 1. The molecule has 162 valence electrons. The first kappa shape index (κ1) is 21.7. The summed E-state index contributed by atoms with van der Waals surface area (Å²) < 4.78 is 5.96. The minimum absolute atomic E-state index is 0.233. The second-order valence-corrected chi connectivity index (χ2v) is 8.28. The van der Waals surface area contributed by atoms with Crippen molar-refractivity contribution in [2.24, 2.45) is 0 Å². The van der Waals surface area contributed by atoms with Crippen LogP contribution in [-0.2, 0) is 12.8 Å². The van der Waals surface area contributed by atoms with Crippen LogP contribution in [0.3, 0.4) is 0 Å². The molecule has 2 N–H and O–H groups in total. The Bertz CT molecular complexity index is 1280. The van der Waals surface area contributed by atoms with Crippen LogP contribution < -0.4 is 10.6 Å². The van der Waals surface area contributed by atoms with E-state index in [-0.39, 0.29) is 11.0 Å². The summed E-state index contributed by atoms with van der Waals surface area (Å²) >= 11 is 5.29. The van der Waals surface area contributed by atoms with Gasteiger partial charge in [-0.25, -0.2) is 4.98 Å². The predicted octanol–water partition coefficient (Wildman–Crippen LogP) is 5.72. The second kappa shape index (κ2) is 9.32. The zero-order valence-corrected chi connectivity index (χ0v) is 19.2. The molecule has 0 atom stereocenters. The zero-order valence-electron chi connectivity index (χ0n) is 18.4. The third-order valence-electron chi connectivity index (χ3n) is 5.28. The molecule has 4 aromatic rings. The van der Waals surface area contributed by atoms with E-state index in [1.807, 2.05) is 49.4 Å². The van der Waals surface area contributed by atoms with Crippen molar-refractivity contribution < 1.29 is 9.21 Å². The molecular weight excluding hydrogens is 418 g/mol. The number of nitrogens with zero attached hydrogens (tertiary/aromatic N) is 1. The van der Waals surface area contributed by atoms with Gasteiger partial charge in [0.1, 0.15) is 5.52 Å². The average Bonchev–Trinajstić information content (AvgIpc) is 3.17. The number of aromatic nitrogens is 1. The summed E-state index contributed by atoms with van der Waals surface area (Å²) in [4.78, 5) is 17.0. The summed E-state index contributed by atoms with van der Waals surface area (Å²) in [6.07, 6.45) is 1.53. The molecule has 0 unspecified atom stereocenters. The van der Waals surface area contributed by atoms with E-state index in [1.54, 1.807) is 12.1 Å². The Morgan fingerprint density at radius 2 is 1.69 bits per heavy atom. The molecule has 1 heterocycles. The summed E-state index contributed by atoms with van der Waals surface area (Å²) in [5, 5.41) is 6.03. The lowest BCUT2D eigenvalue weighted by Gasteiger charge is -2.10. The number of anilines is 1. The lowest BCUT2D eigenvalue weighted by atomic mass is 10.1. The van der Waals surface area contributed by atoms with E-state index >= 15 is 0 Å². The Hall–Kier alpha value is -3.51. The number of fused-ring (bicyclic) bond motifs is 1. The first-order valence-electron chi connectivity index (χ1n) is 10.6. The summed E-state index contributed by atoms with van der Waals surface area (Å²) in [7, 11) is 0. The van der Waals surface area contributed by atoms with Gasteiger partial charge in [0.15, 0.2) is 16.6 Å². The molecule has 0 spiro atoms. The zero-order chi connectivity index (χ0) is 22.7. The summed E-state index contributed by atoms with van der Waals surface area (Å²) in [6.45, 7) is 6.17. The van der Waals surface area contributed by atoms with Crippen molar-refractivity contribution in [2.45, 2.75) is 33.6 Å². The van der Waals surface area contributed by atoms with Crippen molar-refractivity contribution in [3.8, 4) is 0 Å². The summed E-state index contributed by atoms with van der Waals surface area (Å²) in [6, 6.07) is 19.5. The topological polar surface area (TPSA) is 67.2 Å². The Kier molecular flexibility index (Phi) is 6.32. The Balaban J connectivity index is 1.36. The molecule has 0 aliphatic rings. The van der Waals surface area contributed by atoms with Gasteiger partial charge < -0.3 is 9.73 Å². The molecule has 0 radical (unpaired) electrons. The molecule has 5 nitrogen and oxygen atoms in total. The van der Waals surface area contributed by atoms with E-state index in [4.69, 9.17) is 16.6 Å². The predicted molar refractivity (Wildman–Crippen MR) is 132 cm³/mol. The van der Waals surface area contributed by atoms with Crippen LogP contribution in [0.15, 0.2) is 65.1 Å². The lowest BCUT2D eigenvalue weighted by Crippen LogP contribution is -2.34. The van der Waals surface area contributed by atoms with Gasteiger partial charge in [-0.15, -0.1) is 0 Å². The number of benzene rings is 3. The molecule has 6 heteroatoms. The van der Waals surface area contributed by atoms with Crippen molar-refractivity contribution in [1.82, 2.24) is 10.3 Å². The first-order chi connectivity index (χ1) is 15.4. The Labute approximate surface area is 192 Å². The van der Waals surface area contributed by atoms with Crippen molar-refractivity contribution in [2.75, 3.05) is 5.32 Å². The van der Waals surface area contributed by atoms with Gasteiger partial charge in [0.2, 0.25) is 0 Å². The van der Waals surface area contributed by atoms with Gasteiger partial charge in [-0.2, -0.15) is 0 Å². The molecule has 4 rings (SSSR count). The number of hydrogen-bond acceptors (Lipinski definition) is 4. The van der Waals surface area contributed by atoms with E-state index in [1.165, 1.54) is 11.1 Å². The van der Waals surface area contributed by atoms with E-state index in [0.29, 0.717) is 17.9 Å². The van der Waals surface area contributed by atoms with Crippen LogP contribution in [0, 0.1) is 13.8 Å². The van der Waals surface area contributed by atoms with Gasteiger partial charge in [-0.3, -0.25) is 10.1 Å². The molecular formula is C26H25N3O2S. The van der Waals surface area contributed by atoms with Crippen LogP contribution in [-0.4, -0.2) is 16.0 Å². The number of carbonyl (C=O) groups is 1. The van der Waals surface area contributed by atoms with Gasteiger partial charge in [-0.1, -0.05) is 37.3 Å². The standard InChI is InChI=1S/C26H25N3O2S/c1-4-18-5-9-20(10-6-18)25(30)29-26(32)27-21-11-7-19(8-12-21)15-23-28-22-14-16(2)13-17(3)24(22)31-23/h5-14H,4,15H2,1-3H3,(H2,27,29,30,32). The van der Waals surface area contributed by atoms with Gasteiger partial charge in [0, 0.05) is 17.7 Å². The highest BCUT2D eigenvalue weighted by Crippen LogP contribution is 2.23. The molecule has 0 saturated heterocycles. The maximum Gasteiger partial charge on any atom is 0.257 e. The number of hydrogen-bond donors (Lipinski definition) is 2. The Morgan fingerprint density at radius 3 is 2.38 bits per heavy atom. The molecule has 32 heavy (non-hydrogen) atoms. The quantitative estimate of drug-likeness (QED) is 0.386. The van der Waals surface area contributed by atoms with E-state index in [0.717, 1.165) is 34.3 Å². The van der Waals surface area contributed by atoms with Crippen molar-refractivity contribution in [3.63, 3.8) is 0 Å². The fourth-order valence-corrected chi connectivity index (χ4v) is 3.82. The van der Waals surface area contributed by atoms with E-state index in [2.05, 4.69) is 35.5 Å². The van der Waals surface area contributed by atoms with Crippen molar-refractivity contribution >= 4 is 40.0 Å². The highest BCUT2D eigenvalue weighted by molar-refractivity contribution is 7.80. The summed E-state index contributed by atoms with van der Waals surface area (Å²) in [5.41, 5.74) is 7.62. The van der Waals surface area contributed by atoms with E-state index < -0.39 is 0 Å². The highest BCUT2D eigenvalue weighted by atomic mass is 32.1. The molecule has 1 aromatic heterocycles. The van der Waals surface area contributed by atoms with Crippen LogP contribution in [0.4, 0.5) is 5.69 Å². The van der Waals surface area contributed by atoms with E-state index in [9.17, 15) is 4.79 Å². The number of rotatable bonds is 5. The maximum atomic E-state index is 12.4. The third-order valence-corrected chi connectivity index (χ3v) is 5.49. The van der Waals surface area contributed by atoms with Gasteiger partial charge in [-0.05, 0) is 85.1 Å². The van der Waals surface area contributed by atoms with Crippen molar-refractivity contribution in [1.29, 1.82) is 0 Å². The molecule has 0 saturated carbocycles. The number of nitrogens with one attached hydrogen (secondary N) is 2. The van der Waals surface area contributed by atoms with Crippen LogP contribution in [0.1, 0.15) is 45.4 Å². The third kappa shape index (κ3) is 5.03. The summed E-state index contributed by atoms with van der Waals surface area (Å²) in [5.74, 6) is 0.453. The minimum atomic E-state index is -0.233. The minimum Gasteiger partial charge on any atom is -0.440 e. The maximum absolute atomic E-state index is 12.4. The average molecular weight is 444 g/mol. The van der Waals surface area contributed by atoms with Crippen LogP contribution in [0.2, 0.25) is 0 Å².